The number of carbonyl (C=O) groups is 1. The number of aryl methyl sites for hydroxylation is 1. The lowest BCUT2D eigenvalue weighted by Gasteiger charge is -2.22. The number of anilines is 1. The van der Waals surface area contributed by atoms with Crippen LogP contribution in [0.4, 0.5) is 5.69 Å². The third-order valence-electron chi connectivity index (χ3n) is 3.47. The number of hydrogen-bond acceptors (Lipinski definition) is 5. The van der Waals surface area contributed by atoms with Crippen LogP contribution in [0, 0.1) is 0 Å². The average molecular weight is 380 g/mol. The maximum absolute atomic E-state index is 12.1. The second-order valence-electron chi connectivity index (χ2n) is 5.20. The molecule has 2 rings (SSSR count). The van der Waals surface area contributed by atoms with Crippen LogP contribution >= 0.6 is 24.2 Å². The molecule has 0 aliphatic carbocycles. The van der Waals surface area contributed by atoms with Gasteiger partial charge in [-0.25, -0.2) is 13.6 Å². The second-order valence-corrected chi connectivity index (χ2v) is 7.88. The van der Waals surface area contributed by atoms with Crippen LogP contribution in [0.1, 0.15) is 18.9 Å². The Morgan fingerprint density at radius 2 is 2.22 bits per heavy atom. The number of amides is 1. The highest BCUT2D eigenvalue weighted by Gasteiger charge is 2.18. The third kappa shape index (κ3) is 5.96. The van der Waals surface area contributed by atoms with Gasteiger partial charge in [0, 0.05) is 36.2 Å². The van der Waals surface area contributed by atoms with Gasteiger partial charge in [-0.15, -0.1) is 12.4 Å². The molecular formula is C14H22ClN3O3S2. The van der Waals surface area contributed by atoms with Crippen molar-refractivity contribution in [3.8, 4) is 0 Å². The van der Waals surface area contributed by atoms with Gasteiger partial charge in [0.15, 0.2) is 0 Å². The molecule has 130 valence electrons. The smallest absolute Gasteiger partial charge is 0.238 e. The van der Waals surface area contributed by atoms with Crippen molar-refractivity contribution in [3.63, 3.8) is 0 Å². The summed E-state index contributed by atoms with van der Waals surface area (Å²) < 4.78 is 23.2. The van der Waals surface area contributed by atoms with Crippen LogP contribution in [0.5, 0.6) is 0 Å². The van der Waals surface area contributed by atoms with Crippen LogP contribution in [-0.4, -0.2) is 38.4 Å². The average Bonchev–Trinajstić information content (AvgIpc) is 2.47. The molecule has 6 nitrogen and oxygen atoms in total. The molecule has 9 heteroatoms. The van der Waals surface area contributed by atoms with Gasteiger partial charge in [0.2, 0.25) is 15.9 Å². The van der Waals surface area contributed by atoms with Crippen molar-refractivity contribution in [1.82, 2.24) is 5.32 Å². The SMILES string of the molecule is CCc1ccc(NC(=O)CC2CSCCN2)cc1S(N)(=O)=O.Cl. The van der Waals surface area contributed by atoms with Gasteiger partial charge in [-0.1, -0.05) is 13.0 Å². The zero-order valence-electron chi connectivity index (χ0n) is 12.9. The molecule has 23 heavy (non-hydrogen) atoms. The van der Waals surface area contributed by atoms with E-state index in [0.29, 0.717) is 24.1 Å². The quantitative estimate of drug-likeness (QED) is 0.716. The Morgan fingerprint density at radius 3 is 2.78 bits per heavy atom. The largest absolute Gasteiger partial charge is 0.326 e. The number of benzene rings is 1. The van der Waals surface area contributed by atoms with E-state index in [1.807, 2.05) is 18.7 Å². The van der Waals surface area contributed by atoms with Crippen LogP contribution in [0.15, 0.2) is 23.1 Å². The number of hydrogen-bond donors (Lipinski definition) is 3. The Hall–Kier alpha value is -0.800. The van der Waals surface area contributed by atoms with E-state index in [9.17, 15) is 13.2 Å². The predicted octanol–water partition coefficient (Wildman–Crippen LogP) is 1.35. The van der Waals surface area contributed by atoms with Gasteiger partial charge < -0.3 is 10.6 Å². The summed E-state index contributed by atoms with van der Waals surface area (Å²) in [5, 5.41) is 11.3. The molecule has 0 radical (unpaired) electrons. The number of halogens is 1. The van der Waals surface area contributed by atoms with Crippen molar-refractivity contribution >= 4 is 45.8 Å². The molecule has 1 aromatic carbocycles. The van der Waals surface area contributed by atoms with Gasteiger partial charge in [-0.3, -0.25) is 4.79 Å². The zero-order chi connectivity index (χ0) is 16.2. The molecule has 1 fully saturated rings. The van der Waals surface area contributed by atoms with E-state index in [1.165, 1.54) is 6.07 Å². The lowest BCUT2D eigenvalue weighted by Crippen LogP contribution is -2.39. The highest BCUT2D eigenvalue weighted by molar-refractivity contribution is 7.99. The fourth-order valence-corrected chi connectivity index (χ4v) is 4.19. The summed E-state index contributed by atoms with van der Waals surface area (Å²) in [6.07, 6.45) is 0.927. The Balaban J connectivity index is 0.00000264. The fraction of sp³-hybridized carbons (Fsp3) is 0.500. The van der Waals surface area contributed by atoms with E-state index in [4.69, 9.17) is 5.14 Å². The first kappa shape index (κ1) is 20.2. The standard InChI is InChI=1S/C14H21N3O3S2.ClH/c1-2-10-3-4-11(7-13(10)22(15,19)20)17-14(18)8-12-9-21-6-5-16-12;/h3-4,7,12,16H,2,5-6,8-9H2,1H3,(H,17,18)(H2,15,19,20);1H. The first-order chi connectivity index (χ1) is 10.4. The Kier molecular flexibility index (Phi) is 7.82. The van der Waals surface area contributed by atoms with Gasteiger partial charge >= 0.3 is 0 Å². The summed E-state index contributed by atoms with van der Waals surface area (Å²) >= 11 is 1.82. The molecule has 0 spiro atoms. The monoisotopic (exact) mass is 379 g/mol. The fourth-order valence-electron chi connectivity index (χ4n) is 2.38. The number of thioether (sulfide) groups is 1. The lowest BCUT2D eigenvalue weighted by atomic mass is 10.1. The van der Waals surface area contributed by atoms with E-state index in [2.05, 4.69) is 10.6 Å². The molecule has 1 heterocycles. The topological polar surface area (TPSA) is 101 Å². The van der Waals surface area contributed by atoms with Crippen molar-refractivity contribution in [2.45, 2.75) is 30.7 Å². The van der Waals surface area contributed by atoms with Crippen LogP contribution in [0.25, 0.3) is 0 Å². The molecule has 1 unspecified atom stereocenters. The predicted molar refractivity (Wildman–Crippen MR) is 96.8 cm³/mol. The number of carbonyl (C=O) groups excluding carboxylic acids is 1. The van der Waals surface area contributed by atoms with Gasteiger partial charge in [-0.2, -0.15) is 11.8 Å². The maximum Gasteiger partial charge on any atom is 0.238 e. The molecule has 1 atom stereocenters. The molecule has 4 N–H and O–H groups in total. The number of nitrogens with one attached hydrogen (secondary N) is 2. The first-order valence-electron chi connectivity index (χ1n) is 7.17. The summed E-state index contributed by atoms with van der Waals surface area (Å²) in [5.74, 6) is 1.84. The summed E-state index contributed by atoms with van der Waals surface area (Å²) in [6, 6.07) is 4.97. The summed E-state index contributed by atoms with van der Waals surface area (Å²) in [7, 11) is -3.80. The van der Waals surface area contributed by atoms with Gasteiger partial charge in [-0.05, 0) is 24.1 Å². The van der Waals surface area contributed by atoms with E-state index in [1.54, 1.807) is 12.1 Å². The summed E-state index contributed by atoms with van der Waals surface area (Å²) in [6.45, 7) is 2.76. The van der Waals surface area contributed by atoms with Crippen molar-refractivity contribution < 1.29 is 13.2 Å². The number of sulfonamides is 1. The Morgan fingerprint density at radius 1 is 1.48 bits per heavy atom. The zero-order valence-corrected chi connectivity index (χ0v) is 15.3. The van der Waals surface area contributed by atoms with Gasteiger partial charge in [0.05, 0.1) is 4.90 Å². The number of rotatable bonds is 5. The van der Waals surface area contributed by atoms with E-state index in [-0.39, 0.29) is 29.3 Å². The molecule has 1 aromatic rings. The lowest BCUT2D eigenvalue weighted by molar-refractivity contribution is -0.116. The van der Waals surface area contributed by atoms with Gasteiger partial charge in [0.1, 0.15) is 0 Å². The molecule has 0 saturated carbocycles. The molecule has 1 saturated heterocycles. The highest BCUT2D eigenvalue weighted by Crippen LogP contribution is 2.21. The summed E-state index contributed by atoms with van der Waals surface area (Å²) in [5.41, 5.74) is 1.10. The van der Waals surface area contributed by atoms with Crippen molar-refractivity contribution in [1.29, 1.82) is 0 Å². The van der Waals surface area contributed by atoms with E-state index < -0.39 is 10.0 Å². The molecular weight excluding hydrogens is 358 g/mol. The number of primary sulfonamides is 1. The van der Waals surface area contributed by atoms with Crippen LogP contribution in [0.3, 0.4) is 0 Å². The Labute approximate surface area is 147 Å². The molecule has 0 bridgehead atoms. The molecule has 1 amide bonds. The van der Waals surface area contributed by atoms with Crippen LogP contribution in [-0.2, 0) is 21.2 Å². The van der Waals surface area contributed by atoms with E-state index >= 15 is 0 Å². The van der Waals surface area contributed by atoms with Crippen molar-refractivity contribution in [2.24, 2.45) is 5.14 Å². The minimum atomic E-state index is -3.80. The number of nitrogens with two attached hydrogens (primary N) is 1. The Bertz CT molecular complexity index is 647. The third-order valence-corrected chi connectivity index (χ3v) is 5.59. The van der Waals surface area contributed by atoms with Gasteiger partial charge in [0.25, 0.3) is 0 Å². The van der Waals surface area contributed by atoms with E-state index in [0.717, 1.165) is 18.1 Å². The van der Waals surface area contributed by atoms with Crippen LogP contribution in [0.2, 0.25) is 0 Å². The first-order valence-corrected chi connectivity index (χ1v) is 9.87. The second kappa shape index (κ2) is 8.89. The van der Waals surface area contributed by atoms with Crippen molar-refractivity contribution in [3.05, 3.63) is 23.8 Å². The normalized spacial score (nSPS) is 18.1. The molecule has 0 aromatic heterocycles. The minimum absolute atomic E-state index is 0. The summed E-state index contributed by atoms with van der Waals surface area (Å²) in [4.78, 5) is 12.1. The minimum Gasteiger partial charge on any atom is -0.326 e. The highest BCUT2D eigenvalue weighted by atomic mass is 35.5. The molecule has 1 aliphatic rings. The maximum atomic E-state index is 12.1. The van der Waals surface area contributed by atoms with Crippen LogP contribution < -0.4 is 15.8 Å². The van der Waals surface area contributed by atoms with Crippen molar-refractivity contribution in [2.75, 3.05) is 23.4 Å². The molecule has 1 aliphatic heterocycles.